The smallest absolute Gasteiger partial charge is 0.437 e. The van der Waals surface area contributed by atoms with Gasteiger partial charge in [-0.05, 0) is 29.3 Å². The van der Waals surface area contributed by atoms with Gasteiger partial charge in [-0.15, -0.1) is 4.99 Å². The fourth-order valence-electron chi connectivity index (χ4n) is 4.38. The molecule has 0 bridgehead atoms. The van der Waals surface area contributed by atoms with Crippen LogP contribution in [0.1, 0.15) is 27.9 Å². The monoisotopic (exact) mass is 600 g/mol. The molecule has 0 aliphatic carbocycles. The topological polar surface area (TPSA) is 156 Å². The number of carbonyl (C=O) groups is 4. The van der Waals surface area contributed by atoms with E-state index in [4.69, 9.17) is 15.2 Å². The van der Waals surface area contributed by atoms with Crippen molar-refractivity contribution >= 4 is 35.5 Å². The van der Waals surface area contributed by atoms with Crippen LogP contribution in [0.15, 0.2) is 89.9 Å². The highest BCUT2D eigenvalue weighted by atomic mass is 16.5. The molecule has 4 rings (SSSR count). The summed E-state index contributed by atoms with van der Waals surface area (Å²) in [5, 5.41) is 5.52. The van der Waals surface area contributed by atoms with Gasteiger partial charge in [0.2, 0.25) is 11.9 Å². The van der Waals surface area contributed by atoms with Crippen LogP contribution in [-0.2, 0) is 32.3 Å². The van der Waals surface area contributed by atoms with E-state index < -0.39 is 12.1 Å². The summed E-state index contributed by atoms with van der Waals surface area (Å²) in [6.07, 6.45) is -0.719. The average molecular weight is 601 g/mol. The molecule has 4 N–H and O–H groups in total. The first-order valence-corrected chi connectivity index (χ1v) is 14.3. The van der Waals surface area contributed by atoms with Crippen LogP contribution < -0.4 is 16.4 Å². The minimum absolute atomic E-state index is 0.0398. The van der Waals surface area contributed by atoms with E-state index >= 15 is 0 Å². The van der Waals surface area contributed by atoms with Gasteiger partial charge in [-0.2, -0.15) is 0 Å². The summed E-state index contributed by atoms with van der Waals surface area (Å²) >= 11 is 0. The van der Waals surface area contributed by atoms with Crippen molar-refractivity contribution in [1.82, 2.24) is 15.1 Å². The minimum atomic E-state index is -0.759. The van der Waals surface area contributed by atoms with Crippen molar-refractivity contribution in [3.63, 3.8) is 0 Å². The number of benzene rings is 3. The molecular formula is C32H36N6O6. The Hall–Kier alpha value is -5.23. The van der Waals surface area contributed by atoms with Crippen molar-refractivity contribution in [2.24, 2.45) is 10.7 Å². The number of guanidine groups is 1. The average Bonchev–Trinajstić information content (AvgIpc) is 3.04. The number of hydrogen-bond acceptors (Lipinski definition) is 7. The quantitative estimate of drug-likeness (QED) is 0.171. The molecule has 1 aliphatic heterocycles. The van der Waals surface area contributed by atoms with Gasteiger partial charge in [0, 0.05) is 44.0 Å². The number of piperazine rings is 1. The SMILES string of the molecule is NC(=NC(=O)OCc1ccccc1)N1CCN(CC(=O)Nc2cccc(C(=O)NCCC(=O)OCc3ccccc3)c2)CC1. The molecule has 44 heavy (non-hydrogen) atoms. The van der Waals surface area contributed by atoms with E-state index in [-0.39, 0.29) is 50.5 Å². The van der Waals surface area contributed by atoms with Gasteiger partial charge in [-0.1, -0.05) is 66.7 Å². The maximum Gasteiger partial charge on any atom is 0.437 e. The number of ether oxygens (including phenoxy) is 2. The number of nitrogens with one attached hydrogen (secondary N) is 2. The second kappa shape index (κ2) is 16.4. The van der Waals surface area contributed by atoms with Crippen LogP contribution in [0, 0.1) is 0 Å². The highest BCUT2D eigenvalue weighted by molar-refractivity contribution is 5.97. The number of amides is 3. The summed E-state index contributed by atoms with van der Waals surface area (Å²) in [5.41, 5.74) is 8.58. The Bertz CT molecular complexity index is 1440. The lowest BCUT2D eigenvalue weighted by Gasteiger charge is -2.34. The normalized spacial score (nSPS) is 13.5. The van der Waals surface area contributed by atoms with E-state index in [1.54, 1.807) is 29.2 Å². The van der Waals surface area contributed by atoms with Gasteiger partial charge >= 0.3 is 12.1 Å². The molecule has 1 aliphatic rings. The molecule has 230 valence electrons. The third-order valence-corrected chi connectivity index (χ3v) is 6.74. The Kier molecular flexibility index (Phi) is 11.8. The zero-order valence-corrected chi connectivity index (χ0v) is 24.3. The number of aliphatic imine (C=N–C) groups is 1. The highest BCUT2D eigenvalue weighted by Gasteiger charge is 2.21. The number of anilines is 1. The van der Waals surface area contributed by atoms with E-state index in [0.29, 0.717) is 37.4 Å². The Labute approximate surface area is 255 Å². The Balaban J connectivity index is 1.14. The van der Waals surface area contributed by atoms with Crippen LogP contribution in [0.25, 0.3) is 0 Å². The number of carbonyl (C=O) groups excluding carboxylic acids is 4. The minimum Gasteiger partial charge on any atom is -0.461 e. The zero-order valence-electron chi connectivity index (χ0n) is 24.3. The largest absolute Gasteiger partial charge is 0.461 e. The van der Waals surface area contributed by atoms with Crippen LogP contribution in [-0.4, -0.2) is 78.9 Å². The van der Waals surface area contributed by atoms with Gasteiger partial charge in [0.1, 0.15) is 13.2 Å². The first kappa shape index (κ1) is 31.7. The van der Waals surface area contributed by atoms with Crippen LogP contribution in [0.3, 0.4) is 0 Å². The molecule has 3 amide bonds. The number of hydrogen-bond donors (Lipinski definition) is 3. The van der Waals surface area contributed by atoms with Crippen molar-refractivity contribution in [1.29, 1.82) is 0 Å². The predicted octanol–water partition coefficient (Wildman–Crippen LogP) is 2.76. The molecule has 3 aromatic carbocycles. The fourth-order valence-corrected chi connectivity index (χ4v) is 4.38. The van der Waals surface area contributed by atoms with Crippen molar-refractivity contribution in [3.05, 3.63) is 102 Å². The van der Waals surface area contributed by atoms with Crippen LogP contribution in [0.4, 0.5) is 10.5 Å². The molecule has 1 saturated heterocycles. The Morgan fingerprint density at radius 3 is 2.09 bits per heavy atom. The van der Waals surface area contributed by atoms with Crippen molar-refractivity contribution in [2.45, 2.75) is 19.6 Å². The zero-order chi connectivity index (χ0) is 31.1. The van der Waals surface area contributed by atoms with E-state index in [9.17, 15) is 19.2 Å². The standard InChI is InChI=1S/C32H36N6O6/c33-31(36-32(42)44-23-25-10-5-2-6-11-25)38-18-16-37(17-19-38)21-28(39)35-27-13-7-12-26(20-27)30(41)34-15-14-29(40)43-22-24-8-3-1-4-9-24/h1-13,20H,14-19,21-23H2,(H,34,41)(H,35,39)(H2,33,36,42). The molecule has 3 aromatic rings. The second-order valence-electron chi connectivity index (χ2n) is 10.1. The lowest BCUT2D eigenvalue weighted by molar-refractivity contribution is -0.144. The number of rotatable bonds is 11. The molecule has 0 spiro atoms. The van der Waals surface area contributed by atoms with Crippen molar-refractivity contribution < 1.29 is 28.7 Å². The van der Waals surface area contributed by atoms with Gasteiger partial charge in [-0.3, -0.25) is 19.3 Å². The summed E-state index contributed by atoms with van der Waals surface area (Å²) in [7, 11) is 0. The molecule has 1 fully saturated rings. The number of esters is 1. The number of nitrogens with two attached hydrogens (primary N) is 1. The van der Waals surface area contributed by atoms with Gasteiger partial charge in [-0.25, -0.2) is 4.79 Å². The summed E-state index contributed by atoms with van der Waals surface area (Å²) < 4.78 is 10.4. The third-order valence-electron chi connectivity index (χ3n) is 6.74. The molecule has 12 heteroatoms. The maximum atomic E-state index is 12.7. The highest BCUT2D eigenvalue weighted by Crippen LogP contribution is 2.12. The lowest BCUT2D eigenvalue weighted by Crippen LogP contribution is -2.52. The molecule has 12 nitrogen and oxygen atoms in total. The molecular weight excluding hydrogens is 564 g/mol. The first-order valence-electron chi connectivity index (χ1n) is 14.3. The van der Waals surface area contributed by atoms with E-state index in [1.165, 1.54) is 0 Å². The number of nitrogens with zero attached hydrogens (tertiary/aromatic N) is 3. The molecule has 0 radical (unpaired) electrons. The van der Waals surface area contributed by atoms with E-state index in [0.717, 1.165) is 11.1 Å². The Morgan fingerprint density at radius 1 is 0.795 bits per heavy atom. The van der Waals surface area contributed by atoms with Gasteiger partial charge in [0.05, 0.1) is 13.0 Å². The van der Waals surface area contributed by atoms with Crippen LogP contribution in [0.2, 0.25) is 0 Å². The molecule has 0 atom stereocenters. The molecule has 0 unspecified atom stereocenters. The van der Waals surface area contributed by atoms with Crippen LogP contribution in [0.5, 0.6) is 0 Å². The van der Waals surface area contributed by atoms with E-state index in [2.05, 4.69) is 15.6 Å². The summed E-state index contributed by atoms with van der Waals surface area (Å²) in [6.45, 7) is 2.62. The Morgan fingerprint density at radius 2 is 1.43 bits per heavy atom. The molecule has 0 saturated carbocycles. The first-order chi connectivity index (χ1) is 21.4. The maximum absolute atomic E-state index is 12.7. The van der Waals surface area contributed by atoms with Gasteiger partial charge in [0.25, 0.3) is 5.91 Å². The predicted molar refractivity (Wildman–Crippen MR) is 165 cm³/mol. The van der Waals surface area contributed by atoms with Crippen molar-refractivity contribution in [3.8, 4) is 0 Å². The molecule has 1 heterocycles. The third kappa shape index (κ3) is 10.6. The lowest BCUT2D eigenvalue weighted by atomic mass is 10.2. The van der Waals surface area contributed by atoms with E-state index in [1.807, 2.05) is 65.6 Å². The summed E-state index contributed by atoms with van der Waals surface area (Å²) in [6, 6.07) is 25.2. The summed E-state index contributed by atoms with van der Waals surface area (Å²) in [4.78, 5) is 56.9. The second-order valence-corrected chi connectivity index (χ2v) is 10.1. The van der Waals surface area contributed by atoms with Crippen molar-refractivity contribution in [2.75, 3.05) is 44.6 Å². The van der Waals surface area contributed by atoms with Gasteiger partial charge in [0.15, 0.2) is 0 Å². The van der Waals surface area contributed by atoms with Crippen LogP contribution >= 0.6 is 0 Å². The summed E-state index contributed by atoms with van der Waals surface area (Å²) in [5.74, 6) is -0.932. The fraction of sp³-hybridized carbons (Fsp3) is 0.281. The molecule has 0 aromatic heterocycles. The van der Waals surface area contributed by atoms with Gasteiger partial charge < -0.3 is 30.7 Å².